The van der Waals surface area contributed by atoms with Gasteiger partial charge in [0.05, 0.1) is 0 Å². The summed E-state index contributed by atoms with van der Waals surface area (Å²) in [6, 6.07) is 12.7. The van der Waals surface area contributed by atoms with Crippen molar-refractivity contribution in [3.8, 4) is 0 Å². The first-order valence-corrected chi connectivity index (χ1v) is 5.18. The molecule has 3 rings (SSSR count). The van der Waals surface area contributed by atoms with E-state index in [1.807, 2.05) is 12.3 Å². The predicted octanol–water partition coefficient (Wildman–Crippen LogP) is 2.60. The third-order valence-electron chi connectivity index (χ3n) is 2.84. The van der Waals surface area contributed by atoms with Crippen LogP contribution in [0.5, 0.6) is 0 Å². The Labute approximate surface area is 89.0 Å². The van der Waals surface area contributed by atoms with Gasteiger partial charge in [-0.3, -0.25) is 0 Å². The second kappa shape index (κ2) is 3.39. The van der Waals surface area contributed by atoms with E-state index in [0.29, 0.717) is 0 Å². The highest BCUT2D eigenvalue weighted by Gasteiger charge is 2.11. The van der Waals surface area contributed by atoms with Crippen molar-refractivity contribution in [2.24, 2.45) is 0 Å². The van der Waals surface area contributed by atoms with Gasteiger partial charge in [0, 0.05) is 19.2 Å². The van der Waals surface area contributed by atoms with Gasteiger partial charge in [-0.25, -0.2) is 4.98 Å². The number of anilines is 1. The molecule has 74 valence electrons. The fraction of sp³-hybridized carbons (Fsp3) is 0.154. The number of rotatable bonds is 0. The molecular weight excluding hydrogens is 184 g/mol. The average Bonchev–Trinajstić information content (AvgIpc) is 2.48. The first-order valence-electron chi connectivity index (χ1n) is 5.18. The van der Waals surface area contributed by atoms with Crippen LogP contribution in [0.4, 0.5) is 5.82 Å². The van der Waals surface area contributed by atoms with Crippen molar-refractivity contribution in [1.82, 2.24) is 4.98 Å². The molecule has 1 aliphatic rings. The normalized spacial score (nSPS) is 13.3. The van der Waals surface area contributed by atoms with Crippen LogP contribution in [0.2, 0.25) is 0 Å². The van der Waals surface area contributed by atoms with Gasteiger partial charge in [-0.2, -0.15) is 0 Å². The molecule has 0 bridgehead atoms. The molecule has 1 aromatic heterocycles. The highest BCUT2D eigenvalue weighted by atomic mass is 15.0. The Hall–Kier alpha value is -1.83. The van der Waals surface area contributed by atoms with E-state index in [9.17, 15) is 0 Å². The van der Waals surface area contributed by atoms with E-state index in [4.69, 9.17) is 0 Å². The summed E-state index contributed by atoms with van der Waals surface area (Å²) < 4.78 is 0. The van der Waals surface area contributed by atoms with Crippen molar-refractivity contribution in [1.29, 1.82) is 0 Å². The number of pyridine rings is 1. The lowest BCUT2D eigenvalue weighted by atomic mass is 10.0. The number of nitrogens with one attached hydrogen (secondary N) is 1. The summed E-state index contributed by atoms with van der Waals surface area (Å²) in [5.41, 5.74) is 4.05. The van der Waals surface area contributed by atoms with E-state index in [-0.39, 0.29) is 0 Å². The maximum atomic E-state index is 4.35. The van der Waals surface area contributed by atoms with Gasteiger partial charge >= 0.3 is 0 Å². The minimum Gasteiger partial charge on any atom is -0.366 e. The van der Waals surface area contributed by atoms with Crippen LogP contribution in [-0.2, 0) is 13.0 Å². The molecule has 2 nitrogen and oxygen atoms in total. The van der Waals surface area contributed by atoms with E-state index in [1.54, 1.807) is 0 Å². The monoisotopic (exact) mass is 196 g/mol. The summed E-state index contributed by atoms with van der Waals surface area (Å²) >= 11 is 0. The molecule has 0 spiro atoms. The molecule has 1 N–H and O–H groups in total. The number of fused-ring (bicyclic) bond motifs is 2. The van der Waals surface area contributed by atoms with E-state index >= 15 is 0 Å². The Bertz CT molecular complexity index is 446. The molecule has 2 heteroatoms. The zero-order valence-electron chi connectivity index (χ0n) is 8.40. The standard InChI is InChI=1S/C13H12N2/c1-2-5-12-9-15-13-11(6-3-7-14-13)8-10(12)4-1/h1-7H,8-9H2,(H,14,15). The van der Waals surface area contributed by atoms with Gasteiger partial charge in [0.1, 0.15) is 5.82 Å². The van der Waals surface area contributed by atoms with Gasteiger partial charge in [0.25, 0.3) is 0 Å². The van der Waals surface area contributed by atoms with Crippen LogP contribution < -0.4 is 5.32 Å². The van der Waals surface area contributed by atoms with E-state index in [1.165, 1.54) is 16.7 Å². The molecule has 0 saturated carbocycles. The molecule has 0 amide bonds. The number of benzene rings is 1. The number of hydrogen-bond donors (Lipinski definition) is 1. The third-order valence-corrected chi connectivity index (χ3v) is 2.84. The second-order valence-electron chi connectivity index (χ2n) is 3.81. The smallest absolute Gasteiger partial charge is 0.129 e. The van der Waals surface area contributed by atoms with Crippen molar-refractivity contribution in [3.05, 3.63) is 59.3 Å². The van der Waals surface area contributed by atoms with Crippen LogP contribution in [0.3, 0.4) is 0 Å². The third kappa shape index (κ3) is 1.48. The van der Waals surface area contributed by atoms with Gasteiger partial charge in [-0.05, 0) is 22.8 Å². The Morgan fingerprint density at radius 1 is 0.933 bits per heavy atom. The molecule has 2 aromatic rings. The molecule has 0 saturated heterocycles. The summed E-state index contributed by atoms with van der Waals surface area (Å²) in [5.74, 6) is 1.02. The maximum Gasteiger partial charge on any atom is 0.129 e. The van der Waals surface area contributed by atoms with Crippen LogP contribution in [0.15, 0.2) is 42.6 Å². The zero-order chi connectivity index (χ0) is 10.1. The number of hydrogen-bond acceptors (Lipinski definition) is 2. The van der Waals surface area contributed by atoms with E-state index in [0.717, 1.165) is 18.8 Å². The largest absolute Gasteiger partial charge is 0.366 e. The Morgan fingerprint density at radius 3 is 2.67 bits per heavy atom. The summed E-state index contributed by atoms with van der Waals surface area (Å²) in [6.45, 7) is 0.875. The van der Waals surface area contributed by atoms with Crippen LogP contribution in [0, 0.1) is 0 Å². The topological polar surface area (TPSA) is 24.9 Å². The van der Waals surface area contributed by atoms with Gasteiger partial charge in [0.15, 0.2) is 0 Å². The molecule has 0 fully saturated rings. The molecule has 2 heterocycles. The fourth-order valence-corrected chi connectivity index (χ4v) is 2.03. The van der Waals surface area contributed by atoms with E-state index < -0.39 is 0 Å². The molecule has 15 heavy (non-hydrogen) atoms. The lowest BCUT2D eigenvalue weighted by Gasteiger charge is -2.04. The molecule has 0 atom stereocenters. The molecular formula is C13H12N2. The molecule has 0 unspecified atom stereocenters. The number of nitrogens with zero attached hydrogens (tertiary/aromatic N) is 1. The SMILES string of the molecule is c1ccc2c(c1)CNc1ncccc1C2. The molecule has 1 aromatic carbocycles. The molecule has 0 radical (unpaired) electrons. The fourth-order valence-electron chi connectivity index (χ4n) is 2.03. The Kier molecular flexibility index (Phi) is 1.91. The van der Waals surface area contributed by atoms with Crippen molar-refractivity contribution in [3.63, 3.8) is 0 Å². The maximum absolute atomic E-state index is 4.35. The summed E-state index contributed by atoms with van der Waals surface area (Å²) in [6.07, 6.45) is 2.81. The lowest BCUT2D eigenvalue weighted by Crippen LogP contribution is -2.00. The van der Waals surface area contributed by atoms with Gasteiger partial charge in [0.2, 0.25) is 0 Å². The number of aromatic nitrogens is 1. The minimum absolute atomic E-state index is 0.875. The van der Waals surface area contributed by atoms with Crippen LogP contribution in [0.25, 0.3) is 0 Å². The van der Waals surface area contributed by atoms with Crippen molar-refractivity contribution < 1.29 is 0 Å². The Morgan fingerprint density at radius 2 is 1.73 bits per heavy atom. The highest BCUT2D eigenvalue weighted by Crippen LogP contribution is 2.23. The van der Waals surface area contributed by atoms with Crippen molar-refractivity contribution >= 4 is 5.82 Å². The summed E-state index contributed by atoms with van der Waals surface area (Å²) in [7, 11) is 0. The predicted molar refractivity (Wildman–Crippen MR) is 60.8 cm³/mol. The summed E-state index contributed by atoms with van der Waals surface area (Å²) in [5, 5.41) is 3.37. The van der Waals surface area contributed by atoms with Crippen LogP contribution in [0.1, 0.15) is 16.7 Å². The highest BCUT2D eigenvalue weighted by molar-refractivity contribution is 5.50. The zero-order valence-corrected chi connectivity index (χ0v) is 8.40. The first kappa shape index (κ1) is 8.48. The first-order chi connectivity index (χ1) is 7.43. The van der Waals surface area contributed by atoms with Gasteiger partial charge < -0.3 is 5.32 Å². The second-order valence-corrected chi connectivity index (χ2v) is 3.81. The van der Waals surface area contributed by atoms with Crippen LogP contribution >= 0.6 is 0 Å². The van der Waals surface area contributed by atoms with Gasteiger partial charge in [-0.1, -0.05) is 30.3 Å². The molecule has 1 aliphatic heterocycles. The van der Waals surface area contributed by atoms with Crippen molar-refractivity contribution in [2.45, 2.75) is 13.0 Å². The average molecular weight is 196 g/mol. The molecule has 0 aliphatic carbocycles. The Balaban J connectivity index is 2.10. The van der Waals surface area contributed by atoms with Gasteiger partial charge in [-0.15, -0.1) is 0 Å². The summed E-state index contributed by atoms with van der Waals surface area (Å²) in [4.78, 5) is 4.35. The van der Waals surface area contributed by atoms with Crippen LogP contribution in [-0.4, -0.2) is 4.98 Å². The quantitative estimate of drug-likeness (QED) is 0.700. The minimum atomic E-state index is 0.875. The van der Waals surface area contributed by atoms with Crippen molar-refractivity contribution in [2.75, 3.05) is 5.32 Å². The lowest BCUT2D eigenvalue weighted by molar-refractivity contribution is 1.11. The van der Waals surface area contributed by atoms with E-state index in [2.05, 4.69) is 40.6 Å².